The van der Waals surface area contributed by atoms with Crippen molar-refractivity contribution >= 4 is 11.8 Å². The molecule has 0 radical (unpaired) electrons. The first kappa shape index (κ1) is 16.8. The number of aromatic nitrogens is 1. The number of nitrogen functional groups attached to an aromatic ring is 1. The first-order valence-electron chi connectivity index (χ1n) is 8.00. The number of carboxylic acid groups (broad SMARTS) is 1. The smallest absolute Gasteiger partial charge is 0.320 e. The fourth-order valence-corrected chi connectivity index (χ4v) is 2.70. The van der Waals surface area contributed by atoms with E-state index in [1.165, 1.54) is 19.3 Å². The Kier molecular flexibility index (Phi) is 5.11. The van der Waals surface area contributed by atoms with E-state index in [2.05, 4.69) is 10.1 Å². The standard InChI is InChI=1S/C9H15NO2.C7H12N2O/c11-9(12)8-3-1-2-6-10(8)7-4-5-7;1-7(2,3)5-4-6(8)9-10-5/h7-8H,1-6H2,(H,11,12);4H,1-3H3,(H2,8,9)/t8-;/m0./s1. The van der Waals surface area contributed by atoms with E-state index < -0.39 is 5.97 Å². The zero-order valence-electron chi connectivity index (χ0n) is 13.7. The molecule has 0 amide bonds. The minimum atomic E-state index is -0.624. The fraction of sp³-hybridized carbons (Fsp3) is 0.750. The molecule has 0 bridgehead atoms. The SMILES string of the molecule is CC(C)(C)c1cc(N)no1.O=C(O)[C@@H]1CCCCN1C1CC1. The Morgan fingerprint density at radius 3 is 2.45 bits per heavy atom. The van der Waals surface area contributed by atoms with Gasteiger partial charge in [0.05, 0.1) is 0 Å². The summed E-state index contributed by atoms with van der Waals surface area (Å²) in [6.07, 6.45) is 5.54. The second kappa shape index (κ2) is 6.69. The molecule has 0 spiro atoms. The number of likely N-dealkylation sites (tertiary alicyclic amines) is 1. The number of hydrogen-bond donors (Lipinski definition) is 2. The van der Waals surface area contributed by atoms with Gasteiger partial charge >= 0.3 is 5.97 Å². The van der Waals surface area contributed by atoms with E-state index in [9.17, 15) is 4.79 Å². The Balaban J connectivity index is 0.000000164. The Bertz CT molecular complexity index is 503. The fourth-order valence-electron chi connectivity index (χ4n) is 2.70. The van der Waals surface area contributed by atoms with Gasteiger partial charge in [-0.25, -0.2) is 0 Å². The highest BCUT2D eigenvalue weighted by Crippen LogP contribution is 2.32. The number of carboxylic acids is 1. The lowest BCUT2D eigenvalue weighted by Crippen LogP contribution is -2.45. The highest BCUT2D eigenvalue weighted by atomic mass is 16.5. The summed E-state index contributed by atoms with van der Waals surface area (Å²) in [7, 11) is 0. The average molecular weight is 309 g/mol. The van der Waals surface area contributed by atoms with E-state index in [1.807, 2.05) is 20.8 Å². The van der Waals surface area contributed by atoms with E-state index in [4.69, 9.17) is 15.4 Å². The monoisotopic (exact) mass is 309 g/mol. The van der Waals surface area contributed by atoms with Crippen LogP contribution in [0.1, 0.15) is 58.6 Å². The van der Waals surface area contributed by atoms with Crippen molar-refractivity contribution in [3.05, 3.63) is 11.8 Å². The van der Waals surface area contributed by atoms with Crippen molar-refractivity contribution < 1.29 is 14.4 Å². The summed E-state index contributed by atoms with van der Waals surface area (Å²) in [5.74, 6) is 0.650. The van der Waals surface area contributed by atoms with Crippen LogP contribution < -0.4 is 5.73 Å². The molecule has 22 heavy (non-hydrogen) atoms. The van der Waals surface area contributed by atoms with Gasteiger partial charge in [-0.15, -0.1) is 0 Å². The molecule has 1 aliphatic heterocycles. The summed E-state index contributed by atoms with van der Waals surface area (Å²) in [6.45, 7) is 7.15. The van der Waals surface area contributed by atoms with Gasteiger partial charge in [0.25, 0.3) is 0 Å². The Labute approximate surface area is 131 Å². The van der Waals surface area contributed by atoms with Crippen LogP contribution in [0.2, 0.25) is 0 Å². The van der Waals surface area contributed by atoms with Crippen molar-refractivity contribution in [2.75, 3.05) is 12.3 Å². The summed E-state index contributed by atoms with van der Waals surface area (Å²) < 4.78 is 4.95. The van der Waals surface area contributed by atoms with Gasteiger partial charge < -0.3 is 15.4 Å². The highest BCUT2D eigenvalue weighted by molar-refractivity contribution is 5.73. The van der Waals surface area contributed by atoms with E-state index in [0.717, 1.165) is 25.1 Å². The molecule has 0 unspecified atom stereocenters. The molecule has 1 aromatic heterocycles. The van der Waals surface area contributed by atoms with Crippen LogP contribution in [0, 0.1) is 0 Å². The number of nitrogens with zero attached hydrogens (tertiary/aromatic N) is 2. The predicted octanol–water partition coefficient (Wildman–Crippen LogP) is 2.64. The van der Waals surface area contributed by atoms with Crippen molar-refractivity contribution in [3.63, 3.8) is 0 Å². The van der Waals surface area contributed by atoms with Crippen LogP contribution in [0.4, 0.5) is 5.82 Å². The molecule has 0 aromatic carbocycles. The largest absolute Gasteiger partial charge is 0.480 e. The van der Waals surface area contributed by atoms with Gasteiger partial charge in [-0.3, -0.25) is 9.69 Å². The maximum atomic E-state index is 10.9. The molecule has 3 rings (SSSR count). The van der Waals surface area contributed by atoms with E-state index in [0.29, 0.717) is 11.9 Å². The van der Waals surface area contributed by atoms with Gasteiger partial charge in [0.2, 0.25) is 0 Å². The number of hydrogen-bond acceptors (Lipinski definition) is 5. The van der Waals surface area contributed by atoms with E-state index >= 15 is 0 Å². The zero-order valence-corrected chi connectivity index (χ0v) is 13.7. The van der Waals surface area contributed by atoms with Crippen LogP contribution in [-0.2, 0) is 10.2 Å². The molecule has 1 aliphatic carbocycles. The molecule has 1 saturated carbocycles. The van der Waals surface area contributed by atoms with Gasteiger partial charge in [0.15, 0.2) is 5.82 Å². The summed E-state index contributed by atoms with van der Waals surface area (Å²) >= 11 is 0. The molecule has 1 atom stereocenters. The molecule has 3 N–H and O–H groups in total. The lowest BCUT2D eigenvalue weighted by molar-refractivity contribution is -0.144. The van der Waals surface area contributed by atoms with Gasteiger partial charge in [-0.2, -0.15) is 0 Å². The van der Waals surface area contributed by atoms with Crippen LogP contribution in [0.3, 0.4) is 0 Å². The summed E-state index contributed by atoms with van der Waals surface area (Å²) in [4.78, 5) is 13.0. The second-order valence-corrected chi connectivity index (χ2v) is 7.18. The normalized spacial score (nSPS) is 22.8. The van der Waals surface area contributed by atoms with Gasteiger partial charge in [-0.05, 0) is 32.2 Å². The molecule has 6 heteroatoms. The van der Waals surface area contributed by atoms with Crippen molar-refractivity contribution in [3.8, 4) is 0 Å². The summed E-state index contributed by atoms with van der Waals surface area (Å²) in [6, 6.07) is 2.18. The number of aliphatic carboxylic acids is 1. The minimum Gasteiger partial charge on any atom is -0.480 e. The lowest BCUT2D eigenvalue weighted by Gasteiger charge is -2.32. The van der Waals surface area contributed by atoms with E-state index in [1.54, 1.807) is 6.07 Å². The third kappa shape index (κ3) is 4.47. The topological polar surface area (TPSA) is 92.6 Å². The van der Waals surface area contributed by atoms with Gasteiger partial charge in [-0.1, -0.05) is 32.3 Å². The zero-order chi connectivity index (χ0) is 16.3. The van der Waals surface area contributed by atoms with Crippen LogP contribution in [0.15, 0.2) is 10.6 Å². The highest BCUT2D eigenvalue weighted by Gasteiger charge is 2.38. The maximum absolute atomic E-state index is 10.9. The van der Waals surface area contributed by atoms with Crippen LogP contribution in [0.25, 0.3) is 0 Å². The molecular weight excluding hydrogens is 282 g/mol. The lowest BCUT2D eigenvalue weighted by atomic mass is 9.93. The second-order valence-electron chi connectivity index (χ2n) is 7.18. The van der Waals surface area contributed by atoms with Crippen molar-refractivity contribution in [1.29, 1.82) is 0 Å². The number of carbonyl (C=O) groups is 1. The third-order valence-corrected chi connectivity index (χ3v) is 4.11. The molecule has 2 fully saturated rings. The first-order chi connectivity index (χ1) is 10.3. The van der Waals surface area contributed by atoms with Crippen molar-refractivity contribution in [2.45, 2.75) is 70.4 Å². The minimum absolute atomic E-state index is 0.00458. The van der Waals surface area contributed by atoms with Crippen LogP contribution >= 0.6 is 0 Å². The predicted molar refractivity (Wildman–Crippen MR) is 84.6 cm³/mol. The number of rotatable bonds is 2. The molecule has 124 valence electrons. The molecule has 1 aromatic rings. The maximum Gasteiger partial charge on any atom is 0.320 e. The van der Waals surface area contributed by atoms with Crippen LogP contribution in [-0.4, -0.2) is 39.8 Å². The van der Waals surface area contributed by atoms with Crippen molar-refractivity contribution in [1.82, 2.24) is 10.1 Å². The number of anilines is 1. The molecule has 2 heterocycles. The quantitative estimate of drug-likeness (QED) is 0.872. The van der Waals surface area contributed by atoms with Crippen LogP contribution in [0.5, 0.6) is 0 Å². The van der Waals surface area contributed by atoms with Crippen molar-refractivity contribution in [2.24, 2.45) is 0 Å². The Morgan fingerprint density at radius 1 is 1.36 bits per heavy atom. The summed E-state index contributed by atoms with van der Waals surface area (Å²) in [5.41, 5.74) is 5.38. The number of piperidine rings is 1. The molecular formula is C16H27N3O3. The first-order valence-corrected chi connectivity index (χ1v) is 8.00. The van der Waals surface area contributed by atoms with Gasteiger partial charge in [0, 0.05) is 17.5 Å². The Hall–Kier alpha value is -1.56. The molecule has 6 nitrogen and oxygen atoms in total. The molecule has 1 saturated heterocycles. The average Bonchev–Trinajstić information content (AvgIpc) is 3.20. The Morgan fingerprint density at radius 2 is 2.05 bits per heavy atom. The third-order valence-electron chi connectivity index (χ3n) is 4.11. The number of nitrogens with two attached hydrogens (primary N) is 1. The molecule has 2 aliphatic rings. The summed E-state index contributed by atoms with van der Waals surface area (Å²) in [5, 5.41) is 12.5. The van der Waals surface area contributed by atoms with E-state index in [-0.39, 0.29) is 11.5 Å². The van der Waals surface area contributed by atoms with Gasteiger partial charge in [0.1, 0.15) is 11.8 Å².